The van der Waals surface area contributed by atoms with E-state index in [1.165, 1.54) is 23.8 Å². The van der Waals surface area contributed by atoms with Gasteiger partial charge in [-0.2, -0.15) is 0 Å². The van der Waals surface area contributed by atoms with Crippen molar-refractivity contribution in [3.05, 3.63) is 30.1 Å². The minimum absolute atomic E-state index is 0.00484. The second-order valence-corrected chi connectivity index (χ2v) is 6.99. The number of hydrogen-bond donors (Lipinski definition) is 1. The molecule has 2 aromatic heterocycles. The maximum absolute atomic E-state index is 6.26. The van der Waals surface area contributed by atoms with E-state index in [0.717, 1.165) is 31.6 Å². The summed E-state index contributed by atoms with van der Waals surface area (Å²) in [4.78, 5) is 7.09. The van der Waals surface area contributed by atoms with Crippen LogP contribution in [0, 0.1) is 0 Å². The van der Waals surface area contributed by atoms with E-state index in [-0.39, 0.29) is 11.8 Å². The molecule has 25 heavy (non-hydrogen) atoms. The van der Waals surface area contributed by atoms with Gasteiger partial charge >= 0.3 is 0 Å². The highest BCUT2D eigenvalue weighted by molar-refractivity contribution is 5.81. The van der Waals surface area contributed by atoms with Crippen LogP contribution in [0.5, 0.6) is 0 Å². The third-order valence-electron chi connectivity index (χ3n) is 5.75. The van der Waals surface area contributed by atoms with Crippen LogP contribution in [0.15, 0.2) is 24.5 Å². The maximum atomic E-state index is 6.26. The van der Waals surface area contributed by atoms with Gasteiger partial charge in [-0.05, 0) is 45.0 Å². The second-order valence-electron chi connectivity index (χ2n) is 6.99. The molecule has 1 aliphatic rings. The van der Waals surface area contributed by atoms with Crippen molar-refractivity contribution in [2.24, 2.45) is 5.73 Å². The standard InChI is InChI=1S/C20H32N4O/c1-4-23(5-2)19(25-6-3)17-14-24(18-16(17)10-9-13-22-18)20(15-21)11-7-8-12-20/h9-10,13-14,19H,4-8,11-12,15,21H2,1-3H3. The summed E-state index contributed by atoms with van der Waals surface area (Å²) in [5, 5.41) is 1.19. The molecule has 1 unspecified atom stereocenters. The van der Waals surface area contributed by atoms with Crippen LogP contribution in [0.4, 0.5) is 0 Å². The molecule has 0 bridgehead atoms. The number of aromatic nitrogens is 2. The first-order valence-corrected chi connectivity index (χ1v) is 9.73. The molecule has 1 saturated carbocycles. The molecule has 0 amide bonds. The summed E-state index contributed by atoms with van der Waals surface area (Å²) in [7, 11) is 0. The Hall–Kier alpha value is -1.43. The van der Waals surface area contributed by atoms with Crippen molar-refractivity contribution in [3.8, 4) is 0 Å². The Morgan fingerprint density at radius 2 is 2.00 bits per heavy atom. The fourth-order valence-corrected chi connectivity index (χ4v) is 4.32. The lowest BCUT2D eigenvalue weighted by atomic mass is 9.97. The Morgan fingerprint density at radius 3 is 2.60 bits per heavy atom. The van der Waals surface area contributed by atoms with Crippen LogP contribution in [0.25, 0.3) is 11.0 Å². The molecule has 0 aliphatic heterocycles. The summed E-state index contributed by atoms with van der Waals surface area (Å²) in [5.74, 6) is 0. The fraction of sp³-hybridized carbons (Fsp3) is 0.650. The highest BCUT2D eigenvalue weighted by atomic mass is 16.5. The van der Waals surface area contributed by atoms with Gasteiger partial charge in [-0.1, -0.05) is 26.7 Å². The second kappa shape index (κ2) is 7.85. The third-order valence-corrected chi connectivity index (χ3v) is 5.75. The minimum Gasteiger partial charge on any atom is -0.359 e. The van der Waals surface area contributed by atoms with Gasteiger partial charge in [-0.25, -0.2) is 4.98 Å². The highest BCUT2D eigenvalue weighted by Crippen LogP contribution is 2.40. The van der Waals surface area contributed by atoms with Gasteiger partial charge in [-0.3, -0.25) is 4.90 Å². The summed E-state index contributed by atoms with van der Waals surface area (Å²) >= 11 is 0. The largest absolute Gasteiger partial charge is 0.359 e. The van der Waals surface area contributed by atoms with Crippen molar-refractivity contribution in [3.63, 3.8) is 0 Å². The molecule has 2 N–H and O–H groups in total. The van der Waals surface area contributed by atoms with Gasteiger partial charge in [0, 0.05) is 36.5 Å². The Labute approximate surface area is 151 Å². The van der Waals surface area contributed by atoms with E-state index in [1.807, 2.05) is 12.3 Å². The molecule has 138 valence electrons. The molecule has 1 atom stereocenters. The Bertz CT molecular complexity index is 686. The van der Waals surface area contributed by atoms with Gasteiger partial charge in [-0.15, -0.1) is 0 Å². The summed E-state index contributed by atoms with van der Waals surface area (Å²) in [6.45, 7) is 9.70. The molecule has 1 aliphatic carbocycles. The van der Waals surface area contributed by atoms with Crippen LogP contribution in [0.2, 0.25) is 0 Å². The molecule has 0 saturated heterocycles. The van der Waals surface area contributed by atoms with Crippen LogP contribution in [0.3, 0.4) is 0 Å². The van der Waals surface area contributed by atoms with Gasteiger partial charge in [0.25, 0.3) is 0 Å². The van der Waals surface area contributed by atoms with Gasteiger partial charge < -0.3 is 15.0 Å². The molecule has 2 heterocycles. The molecule has 1 fully saturated rings. The lowest BCUT2D eigenvalue weighted by Gasteiger charge is -2.31. The van der Waals surface area contributed by atoms with Gasteiger partial charge in [0.1, 0.15) is 11.9 Å². The number of hydrogen-bond acceptors (Lipinski definition) is 4. The number of ether oxygens (including phenoxy) is 1. The molecule has 0 aromatic carbocycles. The monoisotopic (exact) mass is 344 g/mol. The van der Waals surface area contributed by atoms with Crippen molar-refractivity contribution < 1.29 is 4.74 Å². The minimum atomic E-state index is -0.0378. The molecular weight excluding hydrogens is 312 g/mol. The third kappa shape index (κ3) is 3.21. The smallest absolute Gasteiger partial charge is 0.140 e. The van der Waals surface area contributed by atoms with Crippen LogP contribution in [-0.4, -0.2) is 40.7 Å². The van der Waals surface area contributed by atoms with E-state index in [4.69, 9.17) is 15.5 Å². The quantitative estimate of drug-likeness (QED) is 0.743. The maximum Gasteiger partial charge on any atom is 0.140 e. The fourth-order valence-electron chi connectivity index (χ4n) is 4.32. The number of fused-ring (bicyclic) bond motifs is 1. The molecule has 5 nitrogen and oxygen atoms in total. The van der Waals surface area contributed by atoms with Crippen molar-refractivity contribution in [2.45, 2.75) is 58.2 Å². The first-order valence-electron chi connectivity index (χ1n) is 9.73. The lowest BCUT2D eigenvalue weighted by Crippen LogP contribution is -2.38. The summed E-state index contributed by atoms with van der Waals surface area (Å²) in [6.07, 6.45) is 8.86. The predicted molar refractivity (Wildman–Crippen MR) is 103 cm³/mol. The average molecular weight is 345 g/mol. The van der Waals surface area contributed by atoms with Crippen molar-refractivity contribution in [1.29, 1.82) is 0 Å². The van der Waals surface area contributed by atoms with Gasteiger partial charge in [0.15, 0.2) is 0 Å². The van der Waals surface area contributed by atoms with Crippen molar-refractivity contribution >= 4 is 11.0 Å². The van der Waals surface area contributed by atoms with Crippen molar-refractivity contribution in [2.75, 3.05) is 26.2 Å². The SMILES string of the molecule is CCOC(c1cn(C2(CN)CCCC2)c2ncccc12)N(CC)CC. The van der Waals surface area contributed by atoms with E-state index in [9.17, 15) is 0 Å². The topological polar surface area (TPSA) is 56.3 Å². The number of nitrogens with zero attached hydrogens (tertiary/aromatic N) is 3. The van der Waals surface area contributed by atoms with E-state index in [2.05, 4.69) is 42.5 Å². The van der Waals surface area contributed by atoms with E-state index in [1.54, 1.807) is 0 Å². The van der Waals surface area contributed by atoms with Gasteiger partial charge in [0.05, 0.1) is 5.54 Å². The van der Waals surface area contributed by atoms with E-state index in [0.29, 0.717) is 13.2 Å². The van der Waals surface area contributed by atoms with Crippen LogP contribution >= 0.6 is 0 Å². The zero-order valence-corrected chi connectivity index (χ0v) is 15.9. The molecule has 0 radical (unpaired) electrons. The first kappa shape index (κ1) is 18.4. The number of pyridine rings is 1. The zero-order chi connectivity index (χ0) is 17.9. The Kier molecular flexibility index (Phi) is 5.77. The molecule has 3 rings (SSSR count). The van der Waals surface area contributed by atoms with Crippen LogP contribution in [-0.2, 0) is 10.3 Å². The highest BCUT2D eigenvalue weighted by Gasteiger charge is 2.37. The number of nitrogens with two attached hydrogens (primary N) is 1. The van der Waals surface area contributed by atoms with Crippen LogP contribution in [0.1, 0.15) is 58.2 Å². The zero-order valence-electron chi connectivity index (χ0n) is 15.9. The summed E-state index contributed by atoms with van der Waals surface area (Å²) in [6, 6.07) is 4.19. The lowest BCUT2D eigenvalue weighted by molar-refractivity contribution is -0.0522. The Balaban J connectivity index is 2.15. The predicted octanol–water partition coefficient (Wildman–Crippen LogP) is 3.64. The number of rotatable bonds is 8. The summed E-state index contributed by atoms with van der Waals surface area (Å²) < 4.78 is 8.54. The normalized spacial score (nSPS) is 18.3. The molecular formula is C20H32N4O. The van der Waals surface area contributed by atoms with Crippen molar-refractivity contribution in [1.82, 2.24) is 14.5 Å². The average Bonchev–Trinajstić information content (AvgIpc) is 3.27. The van der Waals surface area contributed by atoms with Gasteiger partial charge in [0.2, 0.25) is 0 Å². The first-order chi connectivity index (χ1) is 12.2. The van der Waals surface area contributed by atoms with E-state index < -0.39 is 0 Å². The molecule has 0 spiro atoms. The summed E-state index contributed by atoms with van der Waals surface area (Å²) in [5.41, 5.74) is 8.52. The Morgan fingerprint density at radius 1 is 1.28 bits per heavy atom. The molecule has 2 aromatic rings. The molecule has 5 heteroatoms. The van der Waals surface area contributed by atoms with Crippen LogP contribution < -0.4 is 5.73 Å². The van der Waals surface area contributed by atoms with E-state index >= 15 is 0 Å².